The zero-order valence-corrected chi connectivity index (χ0v) is 12.0. The Labute approximate surface area is 123 Å². The van der Waals surface area contributed by atoms with Gasteiger partial charge in [-0.1, -0.05) is 24.3 Å². The van der Waals surface area contributed by atoms with E-state index >= 15 is 0 Å². The van der Waals surface area contributed by atoms with E-state index in [4.69, 9.17) is 10.5 Å². The molecule has 1 amide bonds. The van der Waals surface area contributed by atoms with E-state index in [1.54, 1.807) is 6.07 Å². The molecule has 21 heavy (non-hydrogen) atoms. The molecule has 0 saturated carbocycles. The molecule has 0 aromatic heterocycles. The largest absolute Gasteiger partial charge is 0.496 e. The van der Waals surface area contributed by atoms with Gasteiger partial charge in [0.05, 0.1) is 12.7 Å². The number of nitrogens with two attached hydrogens (primary N) is 1. The molecule has 0 bridgehead atoms. The molecule has 1 heterocycles. The second-order valence-electron chi connectivity index (χ2n) is 5.15. The molecule has 0 aliphatic carbocycles. The molecule has 1 aliphatic heterocycles. The third-order valence-corrected chi connectivity index (χ3v) is 3.92. The summed E-state index contributed by atoms with van der Waals surface area (Å²) in [5.74, 6) is 0.0397. The molecule has 0 unspecified atom stereocenters. The average Bonchev–Trinajstić information content (AvgIpc) is 2.53. The first-order valence-corrected chi connectivity index (χ1v) is 7.00. The van der Waals surface area contributed by atoms with Gasteiger partial charge in [0.25, 0.3) is 5.91 Å². The molecular formula is C17H18N2O2. The summed E-state index contributed by atoms with van der Waals surface area (Å²) >= 11 is 0. The molecule has 4 heteroatoms. The fraction of sp³-hybridized carbons (Fsp3) is 0.235. The van der Waals surface area contributed by atoms with Crippen LogP contribution in [0.15, 0.2) is 36.4 Å². The molecular weight excluding hydrogens is 264 g/mol. The zero-order valence-electron chi connectivity index (χ0n) is 12.0. The quantitative estimate of drug-likeness (QED) is 0.906. The maximum Gasteiger partial charge on any atom is 0.252 e. The molecule has 4 nitrogen and oxygen atoms in total. The fourth-order valence-electron chi connectivity index (χ4n) is 2.87. The van der Waals surface area contributed by atoms with Crippen molar-refractivity contribution in [3.05, 3.63) is 53.1 Å². The number of rotatable bonds is 3. The Morgan fingerprint density at radius 3 is 2.90 bits per heavy atom. The van der Waals surface area contributed by atoms with Crippen molar-refractivity contribution in [2.45, 2.75) is 13.0 Å². The summed E-state index contributed by atoms with van der Waals surface area (Å²) in [5, 5.41) is 3.37. The van der Waals surface area contributed by atoms with E-state index in [0.29, 0.717) is 11.3 Å². The first-order valence-electron chi connectivity index (χ1n) is 7.00. The predicted octanol–water partition coefficient (Wildman–Crippen LogP) is 2.11. The maximum absolute atomic E-state index is 11.6. The van der Waals surface area contributed by atoms with Gasteiger partial charge in [-0.2, -0.15) is 0 Å². The lowest BCUT2D eigenvalue weighted by Gasteiger charge is -2.21. The Morgan fingerprint density at radius 2 is 2.14 bits per heavy atom. The number of benzene rings is 2. The molecule has 3 rings (SSSR count). The van der Waals surface area contributed by atoms with E-state index in [1.807, 2.05) is 12.1 Å². The Balaban J connectivity index is 2.13. The Hall–Kier alpha value is -2.33. The van der Waals surface area contributed by atoms with Crippen LogP contribution in [0.2, 0.25) is 0 Å². The normalized spacial score (nSPS) is 13.6. The SMILES string of the molecule is COc1ccc(-c2cccc3c2CCNC3)cc1C(N)=O. The first-order chi connectivity index (χ1) is 10.2. The molecule has 0 atom stereocenters. The highest BCUT2D eigenvalue weighted by Gasteiger charge is 2.16. The van der Waals surface area contributed by atoms with E-state index in [0.717, 1.165) is 25.1 Å². The van der Waals surface area contributed by atoms with Crippen molar-refractivity contribution in [1.82, 2.24) is 5.32 Å². The lowest BCUT2D eigenvalue weighted by molar-refractivity contribution is 0.0997. The van der Waals surface area contributed by atoms with Crippen LogP contribution in [0.3, 0.4) is 0 Å². The molecule has 2 aromatic rings. The molecule has 1 aliphatic rings. The van der Waals surface area contributed by atoms with Gasteiger partial charge in [0.15, 0.2) is 0 Å². The highest BCUT2D eigenvalue weighted by Crippen LogP contribution is 2.31. The van der Waals surface area contributed by atoms with Gasteiger partial charge in [-0.3, -0.25) is 4.79 Å². The number of carbonyl (C=O) groups is 1. The standard InChI is InChI=1S/C17H18N2O2/c1-21-16-6-5-11(9-15(16)17(18)20)13-4-2-3-12-10-19-8-7-14(12)13/h2-6,9,19H,7-8,10H2,1H3,(H2,18,20). The van der Waals surface area contributed by atoms with Crippen LogP contribution in [0.25, 0.3) is 11.1 Å². The van der Waals surface area contributed by atoms with Crippen molar-refractivity contribution in [1.29, 1.82) is 0 Å². The summed E-state index contributed by atoms with van der Waals surface area (Å²) in [6.07, 6.45) is 0.990. The van der Waals surface area contributed by atoms with E-state index in [1.165, 1.54) is 23.8 Å². The summed E-state index contributed by atoms with van der Waals surface area (Å²) in [4.78, 5) is 11.6. The number of primary amides is 1. The van der Waals surface area contributed by atoms with E-state index in [9.17, 15) is 4.79 Å². The summed E-state index contributed by atoms with van der Waals surface area (Å²) in [7, 11) is 1.54. The van der Waals surface area contributed by atoms with Crippen LogP contribution < -0.4 is 15.8 Å². The zero-order chi connectivity index (χ0) is 14.8. The lowest BCUT2D eigenvalue weighted by atomic mass is 9.90. The topological polar surface area (TPSA) is 64.3 Å². The van der Waals surface area contributed by atoms with Crippen LogP contribution in [-0.4, -0.2) is 19.6 Å². The van der Waals surface area contributed by atoms with Crippen LogP contribution in [0.4, 0.5) is 0 Å². The minimum absolute atomic E-state index is 0.418. The van der Waals surface area contributed by atoms with E-state index in [2.05, 4.69) is 23.5 Å². The molecule has 0 fully saturated rings. The number of methoxy groups -OCH3 is 1. The highest BCUT2D eigenvalue weighted by atomic mass is 16.5. The fourth-order valence-corrected chi connectivity index (χ4v) is 2.87. The van der Waals surface area contributed by atoms with Gasteiger partial charge in [-0.05, 0) is 47.4 Å². The van der Waals surface area contributed by atoms with Gasteiger partial charge in [0, 0.05) is 6.54 Å². The van der Waals surface area contributed by atoms with Crippen LogP contribution in [0.1, 0.15) is 21.5 Å². The van der Waals surface area contributed by atoms with Crippen LogP contribution >= 0.6 is 0 Å². The third kappa shape index (κ3) is 2.50. The molecule has 2 aromatic carbocycles. The van der Waals surface area contributed by atoms with Crippen molar-refractivity contribution in [3.8, 4) is 16.9 Å². The monoisotopic (exact) mass is 282 g/mol. The number of carbonyl (C=O) groups excluding carboxylic acids is 1. The average molecular weight is 282 g/mol. The van der Waals surface area contributed by atoms with Crippen molar-refractivity contribution >= 4 is 5.91 Å². The number of nitrogens with one attached hydrogen (secondary N) is 1. The van der Waals surface area contributed by atoms with E-state index in [-0.39, 0.29) is 0 Å². The summed E-state index contributed by atoms with van der Waals surface area (Å²) in [5.41, 5.74) is 10.7. The van der Waals surface area contributed by atoms with Crippen LogP contribution in [0.5, 0.6) is 5.75 Å². The van der Waals surface area contributed by atoms with Crippen LogP contribution in [-0.2, 0) is 13.0 Å². The molecule has 108 valence electrons. The van der Waals surface area contributed by atoms with Gasteiger partial charge < -0.3 is 15.8 Å². The van der Waals surface area contributed by atoms with Gasteiger partial charge in [0.2, 0.25) is 0 Å². The Kier molecular flexibility index (Phi) is 3.62. The minimum atomic E-state index is -0.472. The summed E-state index contributed by atoms with van der Waals surface area (Å²) in [6, 6.07) is 11.9. The molecule has 3 N–H and O–H groups in total. The van der Waals surface area contributed by atoms with Crippen molar-refractivity contribution in [2.75, 3.05) is 13.7 Å². The van der Waals surface area contributed by atoms with Crippen LogP contribution in [0, 0.1) is 0 Å². The minimum Gasteiger partial charge on any atom is -0.496 e. The van der Waals surface area contributed by atoms with Gasteiger partial charge in [-0.15, -0.1) is 0 Å². The number of amides is 1. The number of hydrogen-bond donors (Lipinski definition) is 2. The molecule has 0 saturated heterocycles. The Bertz CT molecular complexity index is 695. The molecule has 0 spiro atoms. The number of fused-ring (bicyclic) bond motifs is 1. The number of ether oxygens (including phenoxy) is 1. The molecule has 0 radical (unpaired) electrons. The van der Waals surface area contributed by atoms with Crippen molar-refractivity contribution in [2.24, 2.45) is 5.73 Å². The smallest absolute Gasteiger partial charge is 0.252 e. The summed E-state index contributed by atoms with van der Waals surface area (Å²) in [6.45, 7) is 1.87. The van der Waals surface area contributed by atoms with E-state index < -0.39 is 5.91 Å². The summed E-state index contributed by atoms with van der Waals surface area (Å²) < 4.78 is 5.20. The van der Waals surface area contributed by atoms with Gasteiger partial charge >= 0.3 is 0 Å². The lowest BCUT2D eigenvalue weighted by Crippen LogP contribution is -2.24. The van der Waals surface area contributed by atoms with Gasteiger partial charge in [-0.25, -0.2) is 0 Å². The van der Waals surface area contributed by atoms with Gasteiger partial charge in [0.1, 0.15) is 5.75 Å². The number of hydrogen-bond acceptors (Lipinski definition) is 3. The second kappa shape index (κ2) is 5.58. The first kappa shape index (κ1) is 13.6. The third-order valence-electron chi connectivity index (χ3n) is 3.92. The second-order valence-corrected chi connectivity index (χ2v) is 5.15. The highest BCUT2D eigenvalue weighted by molar-refractivity contribution is 5.97. The van der Waals surface area contributed by atoms with Crippen molar-refractivity contribution < 1.29 is 9.53 Å². The predicted molar refractivity (Wildman–Crippen MR) is 82.4 cm³/mol. The Morgan fingerprint density at radius 1 is 1.29 bits per heavy atom. The van der Waals surface area contributed by atoms with Crippen molar-refractivity contribution in [3.63, 3.8) is 0 Å². The maximum atomic E-state index is 11.6.